The molecule has 0 amide bonds. The second kappa shape index (κ2) is 3.02. The van der Waals surface area contributed by atoms with E-state index >= 15 is 0 Å². The van der Waals surface area contributed by atoms with E-state index in [1.165, 1.54) is 14.1 Å². The molecule has 0 aromatic rings. The van der Waals surface area contributed by atoms with Gasteiger partial charge in [-0.3, -0.25) is 4.79 Å². The van der Waals surface area contributed by atoms with Crippen LogP contribution in [0.2, 0.25) is 0 Å². The van der Waals surface area contributed by atoms with Gasteiger partial charge < -0.3 is 4.74 Å². The van der Waals surface area contributed by atoms with E-state index in [1.807, 2.05) is 0 Å². The fourth-order valence-electron chi connectivity index (χ4n) is 1.00. The van der Waals surface area contributed by atoms with Crippen LogP contribution in [0, 0.1) is 0 Å². The quantitative estimate of drug-likeness (QED) is 0.538. The van der Waals surface area contributed by atoms with Gasteiger partial charge in [0.2, 0.25) is 10.0 Å². The highest BCUT2D eigenvalue weighted by Crippen LogP contribution is 2.16. The van der Waals surface area contributed by atoms with E-state index in [0.29, 0.717) is 0 Å². The number of ether oxygens (including phenoxy) is 1. The van der Waals surface area contributed by atoms with Gasteiger partial charge in [0.25, 0.3) is 0 Å². The Morgan fingerprint density at radius 3 is 2.42 bits per heavy atom. The van der Waals surface area contributed by atoms with E-state index in [-0.39, 0.29) is 13.0 Å². The van der Waals surface area contributed by atoms with E-state index < -0.39 is 21.2 Å². The summed E-state index contributed by atoms with van der Waals surface area (Å²) >= 11 is 0. The van der Waals surface area contributed by atoms with Crippen LogP contribution in [-0.2, 0) is 19.6 Å². The Morgan fingerprint density at radius 1 is 1.50 bits per heavy atom. The van der Waals surface area contributed by atoms with E-state index in [2.05, 4.69) is 4.74 Å². The number of cyclic esters (lactones) is 1. The van der Waals surface area contributed by atoms with E-state index in [0.717, 1.165) is 4.31 Å². The SMILES string of the molecule is CN(C)S(=O)(=O)C1CCOC1=O. The zero-order chi connectivity index (χ0) is 9.35. The van der Waals surface area contributed by atoms with Crippen LogP contribution in [0.4, 0.5) is 0 Å². The van der Waals surface area contributed by atoms with Crippen molar-refractivity contribution in [2.24, 2.45) is 0 Å². The lowest BCUT2D eigenvalue weighted by Gasteiger charge is -2.13. The predicted octanol–water partition coefficient (Wildman–Crippen LogP) is -0.807. The van der Waals surface area contributed by atoms with Crippen molar-refractivity contribution in [1.29, 1.82) is 0 Å². The number of hydrogen-bond acceptors (Lipinski definition) is 4. The average Bonchev–Trinajstić information content (AvgIpc) is 2.35. The van der Waals surface area contributed by atoms with Crippen LogP contribution in [0.1, 0.15) is 6.42 Å². The highest BCUT2D eigenvalue weighted by molar-refractivity contribution is 7.90. The number of esters is 1. The van der Waals surface area contributed by atoms with Crippen LogP contribution in [0.5, 0.6) is 0 Å². The molecular weight excluding hydrogens is 182 g/mol. The summed E-state index contributed by atoms with van der Waals surface area (Å²) in [7, 11) is -0.660. The molecular formula is C6H11NO4S. The highest BCUT2D eigenvalue weighted by atomic mass is 32.2. The van der Waals surface area contributed by atoms with Gasteiger partial charge in [-0.1, -0.05) is 0 Å². The minimum atomic E-state index is -3.47. The summed E-state index contributed by atoms with van der Waals surface area (Å²) in [5.74, 6) is -0.635. The molecule has 70 valence electrons. The van der Waals surface area contributed by atoms with Crippen molar-refractivity contribution in [3.05, 3.63) is 0 Å². The Morgan fingerprint density at radius 2 is 2.08 bits per heavy atom. The van der Waals surface area contributed by atoms with Crippen LogP contribution >= 0.6 is 0 Å². The van der Waals surface area contributed by atoms with Crippen molar-refractivity contribution >= 4 is 16.0 Å². The van der Waals surface area contributed by atoms with Crippen molar-refractivity contribution in [2.75, 3.05) is 20.7 Å². The van der Waals surface area contributed by atoms with Gasteiger partial charge in [0.15, 0.2) is 5.25 Å². The van der Waals surface area contributed by atoms with Crippen LogP contribution in [-0.4, -0.2) is 44.6 Å². The molecule has 6 heteroatoms. The molecule has 0 saturated carbocycles. The molecule has 0 aromatic heterocycles. The van der Waals surface area contributed by atoms with Gasteiger partial charge in [0.1, 0.15) is 0 Å². The minimum Gasteiger partial charge on any atom is -0.465 e. The Kier molecular flexibility index (Phi) is 2.39. The molecule has 1 unspecified atom stereocenters. The van der Waals surface area contributed by atoms with Crippen molar-refractivity contribution in [3.63, 3.8) is 0 Å². The highest BCUT2D eigenvalue weighted by Gasteiger charge is 2.39. The Balaban J connectivity index is 2.89. The maximum atomic E-state index is 11.4. The molecule has 0 radical (unpaired) electrons. The van der Waals surface area contributed by atoms with Crippen molar-refractivity contribution in [1.82, 2.24) is 4.31 Å². The Bertz CT molecular complexity index is 282. The summed E-state index contributed by atoms with van der Waals surface area (Å²) < 4.78 is 28.3. The molecule has 1 atom stereocenters. The number of carbonyl (C=O) groups is 1. The van der Waals surface area contributed by atoms with Crippen molar-refractivity contribution in [2.45, 2.75) is 11.7 Å². The van der Waals surface area contributed by atoms with Gasteiger partial charge in [-0.25, -0.2) is 12.7 Å². The number of rotatable bonds is 2. The van der Waals surface area contributed by atoms with Crippen LogP contribution in [0.25, 0.3) is 0 Å². The summed E-state index contributed by atoms with van der Waals surface area (Å²) in [6, 6.07) is 0. The third-order valence-corrected chi connectivity index (χ3v) is 3.92. The van der Waals surface area contributed by atoms with Crippen molar-refractivity contribution in [3.8, 4) is 0 Å². The average molecular weight is 193 g/mol. The molecule has 1 heterocycles. The first-order valence-corrected chi connectivity index (χ1v) is 5.04. The van der Waals surface area contributed by atoms with Gasteiger partial charge in [0, 0.05) is 20.5 Å². The number of hydrogen-bond donors (Lipinski definition) is 0. The fourth-order valence-corrected chi connectivity index (χ4v) is 2.22. The molecule has 0 spiro atoms. The van der Waals surface area contributed by atoms with Crippen LogP contribution in [0.3, 0.4) is 0 Å². The molecule has 0 aliphatic carbocycles. The summed E-state index contributed by atoms with van der Waals surface area (Å²) in [5.41, 5.74) is 0. The summed E-state index contributed by atoms with van der Waals surface area (Å²) in [4.78, 5) is 10.9. The lowest BCUT2D eigenvalue weighted by Crippen LogP contribution is -2.36. The molecule has 0 aromatic carbocycles. The van der Waals surface area contributed by atoms with Crippen molar-refractivity contribution < 1.29 is 17.9 Å². The number of nitrogens with zero attached hydrogens (tertiary/aromatic N) is 1. The Labute approximate surface area is 71.4 Å². The first-order valence-electron chi connectivity index (χ1n) is 3.54. The third-order valence-electron chi connectivity index (χ3n) is 1.76. The van der Waals surface area contributed by atoms with Crippen LogP contribution < -0.4 is 0 Å². The zero-order valence-electron chi connectivity index (χ0n) is 6.98. The lowest BCUT2D eigenvalue weighted by molar-refractivity contribution is -0.137. The second-order valence-electron chi connectivity index (χ2n) is 2.77. The molecule has 1 aliphatic heterocycles. The minimum absolute atomic E-state index is 0.205. The van der Waals surface area contributed by atoms with Gasteiger partial charge in [-0.05, 0) is 0 Å². The lowest BCUT2D eigenvalue weighted by atomic mass is 10.4. The molecule has 1 fully saturated rings. The molecule has 1 saturated heterocycles. The molecule has 0 bridgehead atoms. The summed E-state index contributed by atoms with van der Waals surface area (Å²) in [6.07, 6.45) is 0.263. The van der Waals surface area contributed by atoms with E-state index in [9.17, 15) is 13.2 Å². The third kappa shape index (κ3) is 1.44. The van der Waals surface area contributed by atoms with Gasteiger partial charge in [0.05, 0.1) is 6.61 Å². The predicted molar refractivity (Wildman–Crippen MR) is 42.0 cm³/mol. The maximum Gasteiger partial charge on any atom is 0.325 e. The van der Waals surface area contributed by atoms with Crippen LogP contribution in [0.15, 0.2) is 0 Å². The first kappa shape index (κ1) is 9.47. The maximum absolute atomic E-state index is 11.4. The molecule has 1 aliphatic rings. The molecule has 0 N–H and O–H groups in total. The Hall–Kier alpha value is -0.620. The van der Waals surface area contributed by atoms with Gasteiger partial charge >= 0.3 is 5.97 Å². The standard InChI is InChI=1S/C6H11NO4S/c1-7(2)12(9,10)5-3-4-11-6(5)8/h5H,3-4H2,1-2H3. The first-order chi connectivity index (χ1) is 5.46. The number of sulfonamides is 1. The largest absolute Gasteiger partial charge is 0.465 e. The van der Waals surface area contributed by atoms with E-state index in [1.54, 1.807) is 0 Å². The fraction of sp³-hybridized carbons (Fsp3) is 0.833. The molecule has 12 heavy (non-hydrogen) atoms. The molecule has 1 rings (SSSR count). The summed E-state index contributed by atoms with van der Waals surface area (Å²) in [5, 5.41) is -0.993. The molecule has 5 nitrogen and oxygen atoms in total. The normalized spacial score (nSPS) is 24.6. The van der Waals surface area contributed by atoms with Gasteiger partial charge in [-0.2, -0.15) is 0 Å². The number of carbonyl (C=O) groups excluding carboxylic acids is 1. The van der Waals surface area contributed by atoms with E-state index in [4.69, 9.17) is 0 Å². The monoisotopic (exact) mass is 193 g/mol. The topological polar surface area (TPSA) is 63.7 Å². The smallest absolute Gasteiger partial charge is 0.325 e. The van der Waals surface area contributed by atoms with Gasteiger partial charge in [-0.15, -0.1) is 0 Å². The zero-order valence-corrected chi connectivity index (χ0v) is 7.80. The summed E-state index contributed by atoms with van der Waals surface area (Å²) in [6.45, 7) is 0.205. The second-order valence-corrected chi connectivity index (χ2v) is 5.10.